The summed E-state index contributed by atoms with van der Waals surface area (Å²) >= 11 is 0. The van der Waals surface area contributed by atoms with Crippen LogP contribution in [0.15, 0.2) is 71.3 Å². The fourth-order valence-corrected chi connectivity index (χ4v) is 1.42. The molecule has 80 valence electrons. The molecule has 2 nitrogen and oxygen atoms in total. The second kappa shape index (κ2) is 5.03. The van der Waals surface area contributed by atoms with E-state index in [1.54, 1.807) is 12.1 Å². The lowest BCUT2D eigenvalue weighted by atomic mass is 10.1. The van der Waals surface area contributed by atoms with Crippen LogP contribution in [0.1, 0.15) is 0 Å². The minimum atomic E-state index is 0.468. The fourth-order valence-electron chi connectivity index (χ4n) is 1.42. The molecule has 0 saturated carbocycles. The lowest BCUT2D eigenvalue weighted by Gasteiger charge is -1.92. The number of hydrogen-bond acceptors (Lipinski definition) is 2. The van der Waals surface area contributed by atoms with Gasteiger partial charge in [0.2, 0.25) is 0 Å². The summed E-state index contributed by atoms with van der Waals surface area (Å²) < 4.78 is 4.61. The van der Waals surface area contributed by atoms with E-state index in [0.29, 0.717) is 5.88 Å². The predicted octanol–water partition coefficient (Wildman–Crippen LogP) is 3.70. The number of nitrogen functional groups attached to an aromatic ring is 1. The predicted molar refractivity (Wildman–Crippen MR) is 67.1 cm³/mol. The van der Waals surface area contributed by atoms with Gasteiger partial charge < -0.3 is 10.2 Å². The first-order valence-corrected chi connectivity index (χ1v) is 5.09. The van der Waals surface area contributed by atoms with Gasteiger partial charge in [0.15, 0.2) is 5.88 Å². The zero-order valence-electron chi connectivity index (χ0n) is 8.84. The van der Waals surface area contributed by atoms with Crippen LogP contribution in [0.5, 0.6) is 0 Å². The number of furan rings is 1. The maximum Gasteiger partial charge on any atom is 0.190 e. The van der Waals surface area contributed by atoms with E-state index in [0.717, 1.165) is 0 Å². The molecule has 0 amide bonds. The van der Waals surface area contributed by atoms with E-state index in [2.05, 4.69) is 52.9 Å². The smallest absolute Gasteiger partial charge is 0.190 e. The Morgan fingerprint density at radius 2 is 1.19 bits per heavy atom. The molecule has 1 aromatic heterocycles. The van der Waals surface area contributed by atoms with E-state index in [1.807, 2.05) is 0 Å². The molecule has 3 rings (SSSR count). The van der Waals surface area contributed by atoms with Gasteiger partial charge in [0.1, 0.15) is 0 Å². The van der Waals surface area contributed by atoms with Crippen LogP contribution in [0.3, 0.4) is 0 Å². The van der Waals surface area contributed by atoms with Crippen LogP contribution in [0, 0.1) is 0 Å². The number of rotatable bonds is 0. The maximum atomic E-state index is 5.11. The van der Waals surface area contributed by atoms with Gasteiger partial charge in [-0.2, -0.15) is 0 Å². The Morgan fingerprint density at radius 3 is 1.44 bits per heavy atom. The van der Waals surface area contributed by atoms with Crippen LogP contribution in [0.25, 0.3) is 10.8 Å². The van der Waals surface area contributed by atoms with Crippen molar-refractivity contribution in [1.82, 2.24) is 0 Å². The second-order valence-corrected chi connectivity index (χ2v) is 3.36. The molecule has 3 aromatic rings. The van der Waals surface area contributed by atoms with Gasteiger partial charge in [-0.15, -0.1) is 0 Å². The summed E-state index contributed by atoms with van der Waals surface area (Å²) in [7, 11) is 0. The molecular formula is C14H13NO. The molecule has 0 saturated heterocycles. The van der Waals surface area contributed by atoms with Crippen molar-refractivity contribution in [2.24, 2.45) is 0 Å². The van der Waals surface area contributed by atoms with E-state index in [4.69, 9.17) is 5.73 Å². The van der Waals surface area contributed by atoms with Gasteiger partial charge in [0, 0.05) is 6.07 Å². The Labute approximate surface area is 94.3 Å². The van der Waals surface area contributed by atoms with E-state index in [1.165, 1.54) is 17.0 Å². The summed E-state index contributed by atoms with van der Waals surface area (Å²) in [5.41, 5.74) is 5.11. The van der Waals surface area contributed by atoms with E-state index >= 15 is 0 Å². The Kier molecular flexibility index (Phi) is 3.24. The quantitative estimate of drug-likeness (QED) is 0.615. The molecule has 0 spiro atoms. The standard InChI is InChI=1S/C10H8.C4H5NO/c1-2-6-10-8-4-3-7-9(10)5-1;5-4-2-1-3-6-4/h1-8H;1-3H,5H2. The summed E-state index contributed by atoms with van der Waals surface area (Å²) in [4.78, 5) is 0. The Hall–Kier alpha value is -2.22. The van der Waals surface area contributed by atoms with Crippen LogP contribution in [0.2, 0.25) is 0 Å². The van der Waals surface area contributed by atoms with Gasteiger partial charge in [-0.25, -0.2) is 0 Å². The molecule has 0 radical (unpaired) electrons. The van der Waals surface area contributed by atoms with Crippen LogP contribution in [-0.4, -0.2) is 0 Å². The van der Waals surface area contributed by atoms with Gasteiger partial charge in [-0.1, -0.05) is 48.5 Å². The van der Waals surface area contributed by atoms with Crippen molar-refractivity contribution >= 4 is 16.7 Å². The first-order chi connectivity index (χ1) is 7.86. The first-order valence-electron chi connectivity index (χ1n) is 5.09. The van der Waals surface area contributed by atoms with Crippen molar-refractivity contribution in [3.63, 3.8) is 0 Å². The average molecular weight is 211 g/mol. The number of hydrogen-bond donors (Lipinski definition) is 1. The summed E-state index contributed by atoms with van der Waals surface area (Å²) in [5, 5.41) is 2.62. The van der Waals surface area contributed by atoms with Crippen molar-refractivity contribution in [2.75, 3.05) is 5.73 Å². The van der Waals surface area contributed by atoms with Crippen LogP contribution < -0.4 is 5.73 Å². The van der Waals surface area contributed by atoms with Crippen molar-refractivity contribution in [3.8, 4) is 0 Å². The molecule has 0 atom stereocenters. The zero-order valence-corrected chi connectivity index (χ0v) is 8.84. The molecule has 0 aliphatic carbocycles. The van der Waals surface area contributed by atoms with Gasteiger partial charge in [-0.3, -0.25) is 0 Å². The van der Waals surface area contributed by atoms with Crippen LogP contribution in [-0.2, 0) is 0 Å². The average Bonchev–Trinajstić information content (AvgIpc) is 2.81. The molecular weight excluding hydrogens is 198 g/mol. The molecule has 0 unspecified atom stereocenters. The van der Waals surface area contributed by atoms with Crippen LogP contribution >= 0.6 is 0 Å². The highest BCUT2D eigenvalue weighted by Gasteiger charge is 1.85. The topological polar surface area (TPSA) is 39.2 Å². The zero-order chi connectivity index (χ0) is 11.2. The Balaban J connectivity index is 0.000000138. The lowest BCUT2D eigenvalue weighted by molar-refractivity contribution is 0.588. The van der Waals surface area contributed by atoms with Crippen molar-refractivity contribution in [1.29, 1.82) is 0 Å². The highest BCUT2D eigenvalue weighted by molar-refractivity contribution is 5.81. The highest BCUT2D eigenvalue weighted by Crippen LogP contribution is 2.11. The molecule has 2 heteroatoms. The summed E-state index contributed by atoms with van der Waals surface area (Å²) in [6, 6.07) is 20.2. The molecule has 2 aromatic carbocycles. The molecule has 16 heavy (non-hydrogen) atoms. The summed E-state index contributed by atoms with van der Waals surface area (Å²) in [6.07, 6.45) is 1.54. The van der Waals surface area contributed by atoms with E-state index in [9.17, 15) is 0 Å². The lowest BCUT2D eigenvalue weighted by Crippen LogP contribution is -1.74. The minimum absolute atomic E-state index is 0.468. The molecule has 0 fully saturated rings. The molecule has 0 aliphatic rings. The SMILES string of the molecule is Nc1ccco1.c1ccc2ccccc2c1. The maximum absolute atomic E-state index is 5.11. The van der Waals surface area contributed by atoms with Gasteiger partial charge in [-0.05, 0) is 16.8 Å². The second-order valence-electron chi connectivity index (χ2n) is 3.36. The normalized spacial score (nSPS) is 9.50. The van der Waals surface area contributed by atoms with Gasteiger partial charge in [0.25, 0.3) is 0 Å². The van der Waals surface area contributed by atoms with Crippen molar-refractivity contribution in [3.05, 3.63) is 66.9 Å². The molecule has 2 N–H and O–H groups in total. The number of anilines is 1. The van der Waals surface area contributed by atoms with Crippen molar-refractivity contribution in [2.45, 2.75) is 0 Å². The third kappa shape index (κ3) is 2.64. The third-order valence-corrected chi connectivity index (χ3v) is 2.20. The van der Waals surface area contributed by atoms with E-state index in [-0.39, 0.29) is 0 Å². The highest BCUT2D eigenvalue weighted by atomic mass is 16.3. The summed E-state index contributed by atoms with van der Waals surface area (Å²) in [5.74, 6) is 0.468. The van der Waals surface area contributed by atoms with Gasteiger partial charge >= 0.3 is 0 Å². The number of benzene rings is 2. The number of fused-ring (bicyclic) bond motifs is 1. The molecule has 1 heterocycles. The minimum Gasteiger partial charge on any atom is -0.449 e. The third-order valence-electron chi connectivity index (χ3n) is 2.20. The first kappa shape index (κ1) is 10.3. The van der Waals surface area contributed by atoms with Crippen LogP contribution in [0.4, 0.5) is 5.88 Å². The molecule has 0 aliphatic heterocycles. The van der Waals surface area contributed by atoms with Crippen molar-refractivity contribution < 1.29 is 4.42 Å². The monoisotopic (exact) mass is 211 g/mol. The van der Waals surface area contributed by atoms with E-state index < -0.39 is 0 Å². The molecule has 0 bridgehead atoms. The largest absolute Gasteiger partial charge is 0.449 e. The number of nitrogens with two attached hydrogens (primary N) is 1. The Morgan fingerprint density at radius 1 is 0.688 bits per heavy atom. The Bertz CT molecular complexity index is 478. The van der Waals surface area contributed by atoms with Gasteiger partial charge in [0.05, 0.1) is 6.26 Å². The summed E-state index contributed by atoms with van der Waals surface area (Å²) in [6.45, 7) is 0. The fraction of sp³-hybridized carbons (Fsp3) is 0.